The van der Waals surface area contributed by atoms with Crippen molar-refractivity contribution in [2.75, 3.05) is 31.1 Å². The Morgan fingerprint density at radius 3 is 2.56 bits per heavy atom. The summed E-state index contributed by atoms with van der Waals surface area (Å²) in [6, 6.07) is 9.90. The van der Waals surface area contributed by atoms with Crippen LogP contribution in [-0.2, 0) is 6.54 Å². The number of nitrogens with zero attached hydrogens (tertiary/aromatic N) is 3. The summed E-state index contributed by atoms with van der Waals surface area (Å²) in [6.45, 7) is 4.41. The Bertz CT molecular complexity index is 933. The smallest absolute Gasteiger partial charge is 0.189 e. The predicted molar refractivity (Wildman–Crippen MR) is 96.3 cm³/mol. The van der Waals surface area contributed by atoms with Gasteiger partial charge in [0.1, 0.15) is 5.82 Å². The monoisotopic (exact) mass is 338 g/mol. The number of fused-ring (bicyclic) bond motifs is 1. The number of piperazine rings is 1. The highest BCUT2D eigenvalue weighted by atomic mass is 19.1. The molecule has 1 aliphatic rings. The van der Waals surface area contributed by atoms with Crippen LogP contribution in [0.4, 0.5) is 10.1 Å². The molecule has 6 heteroatoms. The maximum Gasteiger partial charge on any atom is 0.189 e. The summed E-state index contributed by atoms with van der Waals surface area (Å²) in [6.07, 6.45) is 3.62. The van der Waals surface area contributed by atoms with Gasteiger partial charge in [-0.3, -0.25) is 14.7 Å². The molecule has 3 heterocycles. The molecule has 0 radical (unpaired) electrons. The molecule has 0 aliphatic carbocycles. The van der Waals surface area contributed by atoms with Crippen LogP contribution in [0.5, 0.6) is 0 Å². The number of anilines is 1. The second-order valence-corrected chi connectivity index (χ2v) is 6.32. The fourth-order valence-electron chi connectivity index (χ4n) is 3.32. The van der Waals surface area contributed by atoms with Crippen molar-refractivity contribution in [2.24, 2.45) is 0 Å². The Balaban J connectivity index is 1.46. The molecule has 1 aliphatic heterocycles. The molecule has 0 bridgehead atoms. The number of aromatic amines is 1. The van der Waals surface area contributed by atoms with E-state index in [-0.39, 0.29) is 5.43 Å². The van der Waals surface area contributed by atoms with Crippen molar-refractivity contribution >= 4 is 16.6 Å². The third-order valence-electron chi connectivity index (χ3n) is 4.64. The lowest BCUT2D eigenvalue weighted by Crippen LogP contribution is -2.46. The van der Waals surface area contributed by atoms with E-state index in [1.165, 1.54) is 17.8 Å². The molecule has 3 aromatic rings. The van der Waals surface area contributed by atoms with Gasteiger partial charge in [0.25, 0.3) is 0 Å². The minimum atomic E-state index is -0.391. The molecular weight excluding hydrogens is 319 g/mol. The Labute approximate surface area is 144 Å². The molecule has 128 valence electrons. The predicted octanol–water partition coefficient (Wildman–Crippen LogP) is 2.38. The minimum absolute atomic E-state index is 0.140. The molecule has 1 saturated heterocycles. The first-order chi connectivity index (χ1) is 12.2. The van der Waals surface area contributed by atoms with Crippen LogP contribution in [-0.4, -0.2) is 41.0 Å². The zero-order valence-electron chi connectivity index (χ0n) is 13.8. The quantitative estimate of drug-likeness (QED) is 0.797. The minimum Gasteiger partial charge on any atom is -0.369 e. The Hall–Kier alpha value is -2.73. The summed E-state index contributed by atoms with van der Waals surface area (Å²) in [7, 11) is 0. The van der Waals surface area contributed by atoms with Gasteiger partial charge in [0.05, 0.1) is 0 Å². The van der Waals surface area contributed by atoms with Crippen LogP contribution in [0, 0.1) is 5.82 Å². The lowest BCUT2D eigenvalue weighted by Gasteiger charge is -2.36. The molecule has 25 heavy (non-hydrogen) atoms. The lowest BCUT2D eigenvalue weighted by molar-refractivity contribution is 0.247. The third-order valence-corrected chi connectivity index (χ3v) is 4.64. The van der Waals surface area contributed by atoms with Gasteiger partial charge in [-0.05, 0) is 30.3 Å². The van der Waals surface area contributed by atoms with Crippen LogP contribution < -0.4 is 10.3 Å². The van der Waals surface area contributed by atoms with Crippen molar-refractivity contribution in [3.05, 3.63) is 70.5 Å². The van der Waals surface area contributed by atoms with E-state index < -0.39 is 5.82 Å². The van der Waals surface area contributed by atoms with E-state index in [4.69, 9.17) is 0 Å². The molecule has 0 spiro atoms. The van der Waals surface area contributed by atoms with Gasteiger partial charge in [-0.25, -0.2) is 4.39 Å². The second kappa shape index (κ2) is 6.64. The molecule has 4 rings (SSSR count). The van der Waals surface area contributed by atoms with Crippen molar-refractivity contribution in [1.82, 2.24) is 14.9 Å². The molecule has 1 N–H and O–H groups in total. The van der Waals surface area contributed by atoms with Crippen molar-refractivity contribution in [3.8, 4) is 0 Å². The van der Waals surface area contributed by atoms with E-state index >= 15 is 0 Å². The van der Waals surface area contributed by atoms with E-state index in [1.807, 2.05) is 24.5 Å². The van der Waals surface area contributed by atoms with Gasteiger partial charge in [-0.2, -0.15) is 0 Å². The van der Waals surface area contributed by atoms with E-state index in [2.05, 4.69) is 19.8 Å². The first kappa shape index (κ1) is 15.8. The Kier molecular flexibility index (Phi) is 4.19. The van der Waals surface area contributed by atoms with Gasteiger partial charge in [0.2, 0.25) is 0 Å². The lowest BCUT2D eigenvalue weighted by atomic mass is 10.1. The average Bonchev–Trinajstić information content (AvgIpc) is 2.64. The maximum atomic E-state index is 13.3. The van der Waals surface area contributed by atoms with Crippen molar-refractivity contribution in [1.29, 1.82) is 0 Å². The number of halogens is 1. The summed E-state index contributed by atoms with van der Waals surface area (Å²) >= 11 is 0. The normalized spacial score (nSPS) is 15.6. The molecule has 0 amide bonds. The van der Waals surface area contributed by atoms with E-state index in [9.17, 15) is 9.18 Å². The molecule has 2 aromatic heterocycles. The third kappa shape index (κ3) is 3.39. The fourth-order valence-corrected chi connectivity index (χ4v) is 3.32. The van der Waals surface area contributed by atoms with Crippen molar-refractivity contribution in [2.45, 2.75) is 6.54 Å². The van der Waals surface area contributed by atoms with Gasteiger partial charge in [-0.15, -0.1) is 0 Å². The number of H-pyrrole nitrogens is 1. The molecule has 5 nitrogen and oxygen atoms in total. The van der Waals surface area contributed by atoms with Crippen LogP contribution in [0.25, 0.3) is 10.9 Å². The first-order valence-electron chi connectivity index (χ1n) is 8.38. The number of pyridine rings is 2. The zero-order chi connectivity index (χ0) is 17.2. The van der Waals surface area contributed by atoms with Crippen LogP contribution in [0.2, 0.25) is 0 Å². The fraction of sp³-hybridized carbons (Fsp3) is 0.263. The Morgan fingerprint density at radius 2 is 1.80 bits per heavy atom. The highest BCUT2D eigenvalue weighted by Gasteiger charge is 2.17. The number of aromatic nitrogens is 2. The summed E-state index contributed by atoms with van der Waals surface area (Å²) in [4.78, 5) is 24.2. The summed E-state index contributed by atoms with van der Waals surface area (Å²) in [5.74, 6) is -0.391. The largest absolute Gasteiger partial charge is 0.369 e. The Morgan fingerprint density at radius 1 is 1.04 bits per heavy atom. The average molecular weight is 338 g/mol. The zero-order valence-corrected chi connectivity index (χ0v) is 13.8. The number of nitrogens with one attached hydrogen (secondary N) is 1. The van der Waals surface area contributed by atoms with Gasteiger partial charge < -0.3 is 9.88 Å². The molecule has 0 unspecified atom stereocenters. The molecule has 1 aromatic carbocycles. The summed E-state index contributed by atoms with van der Waals surface area (Å²) in [5.41, 5.74) is 2.59. The van der Waals surface area contributed by atoms with Crippen LogP contribution in [0.1, 0.15) is 5.69 Å². The van der Waals surface area contributed by atoms with E-state index in [0.717, 1.165) is 31.9 Å². The topological polar surface area (TPSA) is 52.2 Å². The van der Waals surface area contributed by atoms with Gasteiger partial charge in [0, 0.05) is 73.5 Å². The highest BCUT2D eigenvalue weighted by molar-refractivity contribution is 5.78. The first-order valence-corrected chi connectivity index (χ1v) is 8.38. The molecule has 0 atom stereocenters. The summed E-state index contributed by atoms with van der Waals surface area (Å²) in [5, 5.41) is 0.395. The standard InChI is InChI=1S/C19H19FN4O/c20-14-1-2-18-17(11-14)19(25)12-15(22-18)13-23-7-9-24(10-8-23)16-3-5-21-6-4-16/h1-6,11-12H,7-10,13H2,(H,22,25). The van der Waals surface area contributed by atoms with Crippen LogP contribution in [0.15, 0.2) is 53.6 Å². The van der Waals surface area contributed by atoms with Crippen molar-refractivity contribution in [3.63, 3.8) is 0 Å². The van der Waals surface area contributed by atoms with E-state index in [0.29, 0.717) is 17.4 Å². The highest BCUT2D eigenvalue weighted by Crippen LogP contribution is 2.16. The molecule has 1 fully saturated rings. The van der Waals surface area contributed by atoms with Gasteiger partial charge in [0.15, 0.2) is 5.43 Å². The van der Waals surface area contributed by atoms with Gasteiger partial charge in [-0.1, -0.05) is 0 Å². The molecule has 0 saturated carbocycles. The number of hydrogen-bond acceptors (Lipinski definition) is 4. The van der Waals surface area contributed by atoms with Crippen LogP contribution in [0.3, 0.4) is 0 Å². The number of benzene rings is 1. The molecular formula is C19H19FN4O. The maximum absolute atomic E-state index is 13.3. The van der Waals surface area contributed by atoms with Gasteiger partial charge >= 0.3 is 0 Å². The van der Waals surface area contributed by atoms with Crippen molar-refractivity contribution < 1.29 is 4.39 Å². The van der Waals surface area contributed by atoms with E-state index in [1.54, 1.807) is 12.1 Å². The second-order valence-electron chi connectivity index (χ2n) is 6.32. The number of rotatable bonds is 3. The SMILES string of the molecule is O=c1cc(CN2CCN(c3ccncc3)CC2)[nH]c2ccc(F)cc12. The van der Waals surface area contributed by atoms with Crippen LogP contribution >= 0.6 is 0 Å². The number of hydrogen-bond donors (Lipinski definition) is 1. The summed E-state index contributed by atoms with van der Waals surface area (Å²) < 4.78 is 13.3.